The number of benzene rings is 2. The van der Waals surface area contributed by atoms with Crippen molar-refractivity contribution in [3.8, 4) is 22.9 Å². The predicted molar refractivity (Wildman–Crippen MR) is 92.0 cm³/mol. The van der Waals surface area contributed by atoms with Gasteiger partial charge in [-0.2, -0.15) is 5.26 Å². The third-order valence-electron chi connectivity index (χ3n) is 3.97. The molecular weight excluding hydrogens is 300 g/mol. The van der Waals surface area contributed by atoms with Crippen molar-refractivity contribution in [3.63, 3.8) is 0 Å². The molecule has 0 spiro atoms. The van der Waals surface area contributed by atoms with Crippen LogP contribution in [0.1, 0.15) is 21.5 Å². The minimum atomic E-state index is -0.368. The molecule has 0 saturated carbocycles. The quantitative estimate of drug-likeness (QED) is 0.683. The Labute approximate surface area is 140 Å². The summed E-state index contributed by atoms with van der Waals surface area (Å²) in [5, 5.41) is 9.46. The summed E-state index contributed by atoms with van der Waals surface area (Å²) in [6, 6.07) is 17.3. The molecule has 0 bridgehead atoms. The molecule has 4 nitrogen and oxygen atoms in total. The second kappa shape index (κ2) is 6.43. The van der Waals surface area contributed by atoms with Gasteiger partial charge < -0.3 is 9.30 Å². The second-order valence-electron chi connectivity index (χ2n) is 5.46. The van der Waals surface area contributed by atoms with Crippen LogP contribution in [0.25, 0.3) is 16.8 Å². The van der Waals surface area contributed by atoms with Crippen LogP contribution in [0.15, 0.2) is 60.9 Å². The van der Waals surface area contributed by atoms with E-state index in [0.717, 1.165) is 22.4 Å². The number of carbonyl (C=O) groups is 1. The van der Waals surface area contributed by atoms with Gasteiger partial charge in [-0.25, -0.2) is 4.79 Å². The van der Waals surface area contributed by atoms with Crippen molar-refractivity contribution < 1.29 is 9.53 Å². The average molecular weight is 316 g/mol. The number of hydrogen-bond acceptors (Lipinski definition) is 3. The van der Waals surface area contributed by atoms with Gasteiger partial charge in [0.15, 0.2) is 0 Å². The number of nitrogens with zero attached hydrogens (tertiary/aromatic N) is 2. The SMILES string of the molecule is COC(=O)c1ccc(-n2cc(C#N)c(-c3ccccc3C)c2)cc1. The van der Waals surface area contributed by atoms with Crippen molar-refractivity contribution in [2.45, 2.75) is 6.92 Å². The lowest BCUT2D eigenvalue weighted by atomic mass is 10.0. The minimum Gasteiger partial charge on any atom is -0.465 e. The predicted octanol–water partition coefficient (Wildman–Crippen LogP) is 4.11. The van der Waals surface area contributed by atoms with Crippen LogP contribution >= 0.6 is 0 Å². The zero-order valence-corrected chi connectivity index (χ0v) is 13.5. The van der Waals surface area contributed by atoms with E-state index in [-0.39, 0.29) is 5.97 Å². The van der Waals surface area contributed by atoms with E-state index < -0.39 is 0 Å². The topological polar surface area (TPSA) is 55.0 Å². The van der Waals surface area contributed by atoms with Crippen LogP contribution in [0.5, 0.6) is 0 Å². The molecule has 3 rings (SSSR count). The number of carbonyl (C=O) groups excluding carboxylic acids is 1. The van der Waals surface area contributed by atoms with Gasteiger partial charge in [0, 0.05) is 23.6 Å². The molecule has 4 heteroatoms. The number of aromatic nitrogens is 1. The molecule has 0 radical (unpaired) electrons. The molecule has 24 heavy (non-hydrogen) atoms. The average Bonchev–Trinajstić information content (AvgIpc) is 3.05. The first-order valence-electron chi connectivity index (χ1n) is 7.51. The fraction of sp³-hybridized carbons (Fsp3) is 0.100. The second-order valence-corrected chi connectivity index (χ2v) is 5.46. The number of aryl methyl sites for hydroxylation is 1. The van der Waals surface area contributed by atoms with Crippen LogP contribution in [0.4, 0.5) is 0 Å². The first-order valence-corrected chi connectivity index (χ1v) is 7.51. The first kappa shape index (κ1) is 15.6. The first-order chi connectivity index (χ1) is 11.6. The van der Waals surface area contributed by atoms with Crippen LogP contribution in [0, 0.1) is 18.3 Å². The van der Waals surface area contributed by atoms with Gasteiger partial charge in [-0.3, -0.25) is 0 Å². The highest BCUT2D eigenvalue weighted by Gasteiger charge is 2.12. The van der Waals surface area contributed by atoms with Crippen molar-refractivity contribution in [2.75, 3.05) is 7.11 Å². The molecule has 0 aliphatic heterocycles. The van der Waals surface area contributed by atoms with Gasteiger partial charge in [-0.15, -0.1) is 0 Å². The summed E-state index contributed by atoms with van der Waals surface area (Å²) >= 11 is 0. The molecule has 1 aromatic heterocycles. The molecule has 118 valence electrons. The number of hydrogen-bond donors (Lipinski definition) is 0. The van der Waals surface area contributed by atoms with Gasteiger partial charge in [0.2, 0.25) is 0 Å². The summed E-state index contributed by atoms with van der Waals surface area (Å²) in [6.45, 7) is 2.03. The van der Waals surface area contributed by atoms with E-state index in [1.165, 1.54) is 7.11 Å². The van der Waals surface area contributed by atoms with E-state index in [4.69, 9.17) is 4.74 Å². The molecule has 2 aromatic carbocycles. The number of nitriles is 1. The highest BCUT2D eigenvalue weighted by atomic mass is 16.5. The number of esters is 1. The highest BCUT2D eigenvalue weighted by molar-refractivity contribution is 5.89. The van der Waals surface area contributed by atoms with Gasteiger partial charge in [-0.1, -0.05) is 24.3 Å². The van der Waals surface area contributed by atoms with Gasteiger partial charge in [0.05, 0.1) is 18.2 Å². The number of rotatable bonds is 3. The van der Waals surface area contributed by atoms with E-state index in [0.29, 0.717) is 11.1 Å². The maximum Gasteiger partial charge on any atom is 0.337 e. The van der Waals surface area contributed by atoms with Crippen molar-refractivity contribution in [2.24, 2.45) is 0 Å². The lowest BCUT2D eigenvalue weighted by molar-refractivity contribution is 0.0601. The van der Waals surface area contributed by atoms with Crippen LogP contribution in [-0.2, 0) is 4.74 Å². The summed E-state index contributed by atoms with van der Waals surface area (Å²) < 4.78 is 6.59. The molecule has 1 heterocycles. The third kappa shape index (κ3) is 2.80. The molecule has 0 atom stereocenters. The molecule has 0 aliphatic carbocycles. The van der Waals surface area contributed by atoms with Gasteiger partial charge in [0.1, 0.15) is 6.07 Å². The molecule has 0 amide bonds. The maximum atomic E-state index is 11.5. The van der Waals surface area contributed by atoms with E-state index in [1.54, 1.807) is 18.3 Å². The van der Waals surface area contributed by atoms with Crippen LogP contribution < -0.4 is 0 Å². The van der Waals surface area contributed by atoms with Crippen molar-refractivity contribution in [1.82, 2.24) is 4.57 Å². The van der Waals surface area contributed by atoms with Gasteiger partial charge in [0.25, 0.3) is 0 Å². The fourth-order valence-corrected chi connectivity index (χ4v) is 2.67. The standard InChI is InChI=1S/C20H16N2O2/c1-14-5-3-4-6-18(14)19-13-22(12-16(19)11-21)17-9-7-15(8-10-17)20(23)24-2/h3-10,12-13H,1-2H3. The number of ether oxygens (including phenoxy) is 1. The number of methoxy groups -OCH3 is 1. The third-order valence-corrected chi connectivity index (χ3v) is 3.97. The Morgan fingerprint density at radius 2 is 1.75 bits per heavy atom. The molecule has 0 N–H and O–H groups in total. The Morgan fingerprint density at radius 3 is 2.38 bits per heavy atom. The molecule has 0 saturated heterocycles. The van der Waals surface area contributed by atoms with E-state index in [2.05, 4.69) is 6.07 Å². The van der Waals surface area contributed by atoms with Crippen LogP contribution in [0.2, 0.25) is 0 Å². The summed E-state index contributed by atoms with van der Waals surface area (Å²) in [4.78, 5) is 11.5. The molecule has 3 aromatic rings. The highest BCUT2D eigenvalue weighted by Crippen LogP contribution is 2.28. The van der Waals surface area contributed by atoms with E-state index >= 15 is 0 Å². The monoisotopic (exact) mass is 316 g/mol. The smallest absolute Gasteiger partial charge is 0.337 e. The van der Waals surface area contributed by atoms with Gasteiger partial charge >= 0.3 is 5.97 Å². The lowest BCUT2D eigenvalue weighted by Crippen LogP contribution is -2.01. The summed E-state index contributed by atoms with van der Waals surface area (Å²) in [5.74, 6) is -0.368. The van der Waals surface area contributed by atoms with Crippen molar-refractivity contribution in [3.05, 3.63) is 77.6 Å². The lowest BCUT2D eigenvalue weighted by Gasteiger charge is -2.05. The Bertz CT molecular complexity index is 931. The van der Waals surface area contributed by atoms with Crippen LogP contribution in [-0.4, -0.2) is 17.6 Å². The maximum absolute atomic E-state index is 11.5. The minimum absolute atomic E-state index is 0.368. The van der Waals surface area contributed by atoms with Crippen LogP contribution in [0.3, 0.4) is 0 Å². The zero-order chi connectivity index (χ0) is 17.1. The summed E-state index contributed by atoms with van der Waals surface area (Å²) in [6.07, 6.45) is 3.74. The zero-order valence-electron chi connectivity index (χ0n) is 13.5. The molecule has 0 unspecified atom stereocenters. The largest absolute Gasteiger partial charge is 0.465 e. The van der Waals surface area contributed by atoms with Crippen molar-refractivity contribution in [1.29, 1.82) is 5.26 Å². The Hall–Kier alpha value is -3.32. The van der Waals surface area contributed by atoms with Crippen molar-refractivity contribution >= 4 is 5.97 Å². The van der Waals surface area contributed by atoms with E-state index in [1.807, 2.05) is 54.1 Å². The summed E-state index contributed by atoms with van der Waals surface area (Å²) in [7, 11) is 1.36. The summed E-state index contributed by atoms with van der Waals surface area (Å²) in [5.41, 5.74) is 5.03. The molecular formula is C20H16N2O2. The van der Waals surface area contributed by atoms with Gasteiger partial charge in [-0.05, 0) is 42.3 Å². The van der Waals surface area contributed by atoms with E-state index in [9.17, 15) is 10.1 Å². The Morgan fingerprint density at radius 1 is 1.04 bits per heavy atom. The Kier molecular flexibility index (Phi) is 4.17. The Balaban J connectivity index is 2.03. The molecule has 0 aliphatic rings. The fourth-order valence-electron chi connectivity index (χ4n) is 2.67. The normalized spacial score (nSPS) is 10.2. The molecule has 0 fully saturated rings.